The highest BCUT2D eigenvalue weighted by Crippen LogP contribution is 2.35. The first-order valence-electron chi connectivity index (χ1n) is 11.1. The fourth-order valence-corrected chi connectivity index (χ4v) is 4.54. The predicted molar refractivity (Wildman–Crippen MR) is 129 cm³/mol. The number of carbonyl (C=O) groups excluding carboxylic acids is 2. The van der Waals surface area contributed by atoms with Crippen LogP contribution in [0.4, 0.5) is 0 Å². The molecule has 0 bridgehead atoms. The molecule has 1 aliphatic heterocycles. The summed E-state index contributed by atoms with van der Waals surface area (Å²) in [7, 11) is 0. The van der Waals surface area contributed by atoms with Crippen LogP contribution in [0.25, 0.3) is 0 Å². The minimum atomic E-state index is -0.705. The summed E-state index contributed by atoms with van der Waals surface area (Å²) < 4.78 is 11.7. The van der Waals surface area contributed by atoms with Gasteiger partial charge in [-0.1, -0.05) is 36.4 Å². The van der Waals surface area contributed by atoms with Crippen molar-refractivity contribution in [1.29, 1.82) is 0 Å². The predicted octanol–water partition coefficient (Wildman–Crippen LogP) is 4.13. The van der Waals surface area contributed by atoms with E-state index in [1.54, 1.807) is 6.07 Å². The molecular weight excluding hydrogens is 436 g/mol. The number of fused-ring (bicyclic) bond motifs is 1. The summed E-state index contributed by atoms with van der Waals surface area (Å²) in [6.45, 7) is 4.78. The molecule has 1 aromatic heterocycles. The quantitative estimate of drug-likeness (QED) is 0.499. The SMILES string of the molecule is CCOc1cc2c(cc1CNC(=O)[C@H](Cc1ccccc1)NC(=O)c1cccs1)OC(C)C2. The second-order valence-corrected chi connectivity index (χ2v) is 8.99. The van der Waals surface area contributed by atoms with E-state index in [9.17, 15) is 9.59 Å². The highest BCUT2D eigenvalue weighted by atomic mass is 32.1. The Hall–Kier alpha value is -3.32. The molecule has 0 spiro atoms. The maximum absolute atomic E-state index is 13.2. The first kappa shape index (κ1) is 22.9. The molecule has 2 amide bonds. The van der Waals surface area contributed by atoms with Crippen LogP contribution in [0.1, 0.15) is 40.2 Å². The van der Waals surface area contributed by atoms with E-state index in [0.717, 1.165) is 34.6 Å². The minimum Gasteiger partial charge on any atom is -0.494 e. The molecule has 0 saturated heterocycles. The van der Waals surface area contributed by atoms with Crippen LogP contribution in [0.15, 0.2) is 60.0 Å². The van der Waals surface area contributed by atoms with Gasteiger partial charge in [0.1, 0.15) is 23.6 Å². The van der Waals surface area contributed by atoms with Crippen molar-refractivity contribution in [2.24, 2.45) is 0 Å². The molecule has 7 heteroatoms. The highest BCUT2D eigenvalue weighted by Gasteiger charge is 2.25. The first-order chi connectivity index (χ1) is 16.0. The normalized spacial score (nSPS) is 15.3. The van der Waals surface area contributed by atoms with E-state index in [0.29, 0.717) is 17.9 Å². The van der Waals surface area contributed by atoms with E-state index in [1.807, 2.05) is 67.8 Å². The summed E-state index contributed by atoms with van der Waals surface area (Å²) in [4.78, 5) is 26.4. The summed E-state index contributed by atoms with van der Waals surface area (Å²) in [5, 5.41) is 7.72. The van der Waals surface area contributed by atoms with Crippen LogP contribution in [-0.2, 0) is 24.2 Å². The molecule has 172 valence electrons. The molecule has 0 aliphatic carbocycles. The van der Waals surface area contributed by atoms with Gasteiger partial charge in [-0.25, -0.2) is 0 Å². The average Bonchev–Trinajstić information content (AvgIpc) is 3.47. The number of rotatable bonds is 9. The van der Waals surface area contributed by atoms with Crippen molar-refractivity contribution in [3.8, 4) is 11.5 Å². The van der Waals surface area contributed by atoms with Crippen molar-refractivity contribution in [2.75, 3.05) is 6.61 Å². The lowest BCUT2D eigenvalue weighted by Crippen LogP contribution is -2.47. The van der Waals surface area contributed by atoms with Crippen LogP contribution >= 0.6 is 11.3 Å². The van der Waals surface area contributed by atoms with Crippen LogP contribution in [0.5, 0.6) is 11.5 Å². The van der Waals surface area contributed by atoms with Crippen molar-refractivity contribution in [3.05, 3.63) is 81.5 Å². The van der Waals surface area contributed by atoms with Gasteiger partial charge < -0.3 is 20.1 Å². The molecule has 0 fully saturated rings. The molecule has 4 rings (SSSR count). The van der Waals surface area contributed by atoms with Crippen molar-refractivity contribution in [2.45, 2.75) is 45.4 Å². The third kappa shape index (κ3) is 5.73. The van der Waals surface area contributed by atoms with Crippen LogP contribution in [-0.4, -0.2) is 30.6 Å². The van der Waals surface area contributed by atoms with Gasteiger partial charge in [0.25, 0.3) is 5.91 Å². The lowest BCUT2D eigenvalue weighted by atomic mass is 10.0. The monoisotopic (exact) mass is 464 g/mol. The molecule has 6 nitrogen and oxygen atoms in total. The molecule has 2 heterocycles. The molecule has 2 N–H and O–H groups in total. The number of ether oxygens (including phenoxy) is 2. The van der Waals surface area contributed by atoms with E-state index in [2.05, 4.69) is 10.6 Å². The molecule has 2 aromatic carbocycles. The Morgan fingerprint density at radius 3 is 2.73 bits per heavy atom. The number of amides is 2. The Morgan fingerprint density at radius 2 is 2.00 bits per heavy atom. The summed E-state index contributed by atoms with van der Waals surface area (Å²) in [5.74, 6) is 1.08. The topological polar surface area (TPSA) is 76.7 Å². The van der Waals surface area contributed by atoms with Crippen molar-refractivity contribution < 1.29 is 19.1 Å². The smallest absolute Gasteiger partial charge is 0.262 e. The number of hydrogen-bond donors (Lipinski definition) is 2. The first-order valence-corrected chi connectivity index (χ1v) is 12.0. The van der Waals surface area contributed by atoms with E-state index in [-0.39, 0.29) is 24.5 Å². The lowest BCUT2D eigenvalue weighted by molar-refractivity contribution is -0.123. The van der Waals surface area contributed by atoms with E-state index < -0.39 is 6.04 Å². The molecular formula is C26H28N2O4S. The second-order valence-electron chi connectivity index (χ2n) is 8.04. The van der Waals surface area contributed by atoms with E-state index in [1.165, 1.54) is 11.3 Å². The molecule has 1 aliphatic rings. The fraction of sp³-hybridized carbons (Fsp3) is 0.308. The van der Waals surface area contributed by atoms with Gasteiger partial charge in [0.15, 0.2) is 0 Å². The fourth-order valence-electron chi connectivity index (χ4n) is 3.91. The Balaban J connectivity index is 1.49. The zero-order valence-electron chi connectivity index (χ0n) is 18.8. The van der Waals surface area contributed by atoms with Crippen LogP contribution in [0, 0.1) is 0 Å². The third-order valence-corrected chi connectivity index (χ3v) is 6.35. The van der Waals surface area contributed by atoms with Crippen molar-refractivity contribution in [1.82, 2.24) is 10.6 Å². The molecule has 2 atom stereocenters. The van der Waals surface area contributed by atoms with Gasteiger partial charge in [-0.05, 0) is 43.0 Å². The van der Waals surface area contributed by atoms with Gasteiger partial charge in [0.05, 0.1) is 11.5 Å². The summed E-state index contributed by atoms with van der Waals surface area (Å²) >= 11 is 1.35. The average molecular weight is 465 g/mol. The van der Waals surface area contributed by atoms with E-state index >= 15 is 0 Å². The molecule has 3 aromatic rings. The number of carbonyl (C=O) groups is 2. The zero-order chi connectivity index (χ0) is 23.2. The molecule has 33 heavy (non-hydrogen) atoms. The van der Waals surface area contributed by atoms with Gasteiger partial charge in [0.2, 0.25) is 5.91 Å². The summed E-state index contributed by atoms with van der Waals surface area (Å²) in [6.07, 6.45) is 1.37. The maximum Gasteiger partial charge on any atom is 0.262 e. The van der Waals surface area contributed by atoms with Gasteiger partial charge >= 0.3 is 0 Å². The lowest BCUT2D eigenvalue weighted by Gasteiger charge is -2.19. The van der Waals surface area contributed by atoms with Gasteiger partial charge in [0, 0.05) is 30.5 Å². The third-order valence-electron chi connectivity index (χ3n) is 5.48. The molecule has 0 radical (unpaired) electrons. The summed E-state index contributed by atoms with van der Waals surface area (Å²) in [5.41, 5.74) is 2.94. The Bertz CT molecular complexity index is 1100. The van der Waals surface area contributed by atoms with Crippen molar-refractivity contribution >= 4 is 23.2 Å². The molecule has 0 saturated carbocycles. The minimum absolute atomic E-state index is 0.127. The number of benzene rings is 2. The van der Waals surface area contributed by atoms with Gasteiger partial charge in [-0.3, -0.25) is 9.59 Å². The Morgan fingerprint density at radius 1 is 1.18 bits per heavy atom. The van der Waals surface area contributed by atoms with Crippen LogP contribution in [0.3, 0.4) is 0 Å². The number of thiophene rings is 1. The van der Waals surface area contributed by atoms with Crippen molar-refractivity contribution in [3.63, 3.8) is 0 Å². The van der Waals surface area contributed by atoms with E-state index in [4.69, 9.17) is 9.47 Å². The Labute approximate surface area is 197 Å². The maximum atomic E-state index is 13.2. The standard InChI is InChI=1S/C26H28N2O4S/c1-3-31-22-14-19-12-17(2)32-23(19)15-20(22)16-27-25(29)21(13-18-8-5-4-6-9-18)28-26(30)24-10-7-11-33-24/h4-11,14-15,17,21H,3,12-13,16H2,1-2H3,(H,27,29)(H,28,30)/t17?,21-/m0/s1. The second kappa shape index (κ2) is 10.5. The zero-order valence-corrected chi connectivity index (χ0v) is 19.6. The largest absolute Gasteiger partial charge is 0.494 e. The summed E-state index contributed by atoms with van der Waals surface area (Å²) in [6, 6.07) is 16.5. The van der Waals surface area contributed by atoms with Crippen LogP contribution in [0.2, 0.25) is 0 Å². The van der Waals surface area contributed by atoms with Gasteiger partial charge in [-0.15, -0.1) is 11.3 Å². The Kier molecular flexibility index (Phi) is 7.29. The number of nitrogens with one attached hydrogen (secondary N) is 2. The number of hydrogen-bond acceptors (Lipinski definition) is 5. The highest BCUT2D eigenvalue weighted by molar-refractivity contribution is 7.12. The van der Waals surface area contributed by atoms with Gasteiger partial charge in [-0.2, -0.15) is 0 Å². The molecule has 1 unspecified atom stereocenters. The van der Waals surface area contributed by atoms with Crippen LogP contribution < -0.4 is 20.1 Å².